The largest absolute Gasteiger partial charge is 0.444 e. The number of hydrogen-bond acceptors (Lipinski definition) is 14. The number of amides is 10. The van der Waals surface area contributed by atoms with Crippen molar-refractivity contribution in [3.63, 3.8) is 0 Å². The van der Waals surface area contributed by atoms with Crippen molar-refractivity contribution in [3.05, 3.63) is 35.9 Å². The average Bonchev–Trinajstić information content (AvgIpc) is 3.24. The maximum absolute atomic E-state index is 14.4. The number of carbonyl (C=O) groups excluding carboxylic acids is 10. The Balaban J connectivity index is 2.73. The van der Waals surface area contributed by atoms with E-state index in [0.717, 1.165) is 0 Å². The molecule has 0 bridgehead atoms. The number of aliphatic hydroxyl groups excluding tert-OH is 1. The molecule has 7 atom stereocenters. The van der Waals surface area contributed by atoms with Crippen LogP contribution in [0.2, 0.25) is 0 Å². The molecule has 0 saturated carbocycles. The molecule has 10 amide bonds. The van der Waals surface area contributed by atoms with Crippen LogP contribution in [0.1, 0.15) is 121 Å². The minimum absolute atomic E-state index is 0.0106. The van der Waals surface area contributed by atoms with Gasteiger partial charge in [0.05, 0.1) is 12.6 Å². The Hall–Kier alpha value is -6.72. The molecule has 0 aliphatic carbocycles. The lowest BCUT2D eigenvalue weighted by molar-refractivity contribution is -0.136. The van der Waals surface area contributed by atoms with E-state index in [4.69, 9.17) is 14.2 Å². The van der Waals surface area contributed by atoms with Crippen molar-refractivity contribution in [3.8, 4) is 0 Å². The lowest BCUT2D eigenvalue weighted by Crippen LogP contribution is -2.61. The van der Waals surface area contributed by atoms with E-state index in [1.54, 1.807) is 106 Å². The fraction of sp³-hybridized carbons (Fsp3) is 0.673. The van der Waals surface area contributed by atoms with E-state index in [9.17, 15) is 53.1 Å². The SMILES string of the molecule is CC(C)C[C@@H]1NC(=O)[C@@H](Cc2ccccc2)NC(=O)[C@H](CNC(=O)OC(C)(C)C)NC(=O)CCCNC(=O)C([C@@H](C)O)NC(=O)[C@H](CCNC(=O)OC(C)(C)C)NC(=O)[C@H](CCNC(=O)OC(C)(C)C)NC1=O. The van der Waals surface area contributed by atoms with Crippen molar-refractivity contribution in [1.29, 1.82) is 0 Å². The summed E-state index contributed by atoms with van der Waals surface area (Å²) in [6.07, 6.45) is -5.03. The molecule has 1 heterocycles. The zero-order chi connectivity index (χ0) is 55.3. The van der Waals surface area contributed by atoms with Crippen molar-refractivity contribution in [2.75, 3.05) is 26.2 Å². The Morgan fingerprint density at radius 3 is 1.48 bits per heavy atom. The van der Waals surface area contributed by atoms with Gasteiger partial charge in [-0.15, -0.1) is 0 Å². The fourth-order valence-electron chi connectivity index (χ4n) is 6.86. The molecule has 0 radical (unpaired) electrons. The third kappa shape index (κ3) is 26.0. The molecule has 1 aromatic carbocycles. The van der Waals surface area contributed by atoms with Crippen LogP contribution in [-0.4, -0.2) is 150 Å². The van der Waals surface area contributed by atoms with E-state index in [1.807, 2.05) is 0 Å². The summed E-state index contributed by atoms with van der Waals surface area (Å²) in [5.74, 6) is -6.32. The number of alkyl carbamates (subject to hydrolysis) is 3. The van der Waals surface area contributed by atoms with Gasteiger partial charge in [0.1, 0.15) is 53.1 Å². The molecule has 24 heteroatoms. The van der Waals surface area contributed by atoms with Gasteiger partial charge < -0.3 is 72.5 Å². The third-order valence-corrected chi connectivity index (χ3v) is 10.2. The van der Waals surface area contributed by atoms with Crippen LogP contribution < -0.4 is 53.2 Å². The van der Waals surface area contributed by atoms with Gasteiger partial charge in [0, 0.05) is 32.5 Å². The molecule has 73 heavy (non-hydrogen) atoms. The van der Waals surface area contributed by atoms with Crippen molar-refractivity contribution in [1.82, 2.24) is 53.2 Å². The normalized spacial score (nSPS) is 22.1. The van der Waals surface area contributed by atoms with Crippen LogP contribution in [0, 0.1) is 5.92 Å². The first-order chi connectivity index (χ1) is 33.8. The highest BCUT2D eigenvalue weighted by atomic mass is 16.6. The average molecular weight is 1030 g/mol. The monoisotopic (exact) mass is 1030 g/mol. The van der Waals surface area contributed by atoms with Crippen LogP contribution in [0.15, 0.2) is 30.3 Å². The van der Waals surface area contributed by atoms with Gasteiger partial charge in [-0.3, -0.25) is 33.6 Å². The fourth-order valence-corrected chi connectivity index (χ4v) is 6.86. The number of hydrogen-bond donors (Lipinski definition) is 11. The van der Waals surface area contributed by atoms with Crippen LogP contribution in [0.3, 0.4) is 0 Å². The second-order valence-corrected chi connectivity index (χ2v) is 21.1. The van der Waals surface area contributed by atoms with Crippen LogP contribution >= 0.6 is 0 Å². The standard InChI is InChI=1S/C49H80N10O14/c1-28(2)25-33-40(64)56-31(20-23-51-44(68)71-47(4,5)6)38(62)55-32(21-24-52-45(69)72-48(7,8)9)39(63)59-37(29(3)60)43(67)50-22-16-19-36(61)54-35(27-53-46(70)73-49(10,11)12)42(66)58-34(41(65)57-33)26-30-17-14-13-15-18-30/h13-15,17-18,28-29,31-35,37,60H,16,19-27H2,1-12H3,(H,50,67)(H,51,68)(H,52,69)(H,53,70)(H,54,61)(H,55,62)(H,56,64)(H,57,65)(H,58,66)(H,59,63)/t29-,31+,32+,33+,34-,35+,37?/m1/s1. The molecule has 1 unspecified atom stereocenters. The maximum atomic E-state index is 14.4. The van der Waals surface area contributed by atoms with Gasteiger partial charge >= 0.3 is 18.3 Å². The highest BCUT2D eigenvalue weighted by Gasteiger charge is 2.35. The molecular weight excluding hydrogens is 953 g/mol. The lowest BCUT2D eigenvalue weighted by Gasteiger charge is -2.29. The molecule has 0 aromatic heterocycles. The van der Waals surface area contributed by atoms with E-state index >= 15 is 0 Å². The maximum Gasteiger partial charge on any atom is 0.407 e. The Kier molecular flexibility index (Phi) is 24.9. The van der Waals surface area contributed by atoms with Gasteiger partial charge in [-0.2, -0.15) is 0 Å². The van der Waals surface area contributed by atoms with Gasteiger partial charge in [0.15, 0.2) is 0 Å². The first-order valence-electron chi connectivity index (χ1n) is 24.5. The van der Waals surface area contributed by atoms with Crippen LogP contribution in [-0.2, 0) is 54.2 Å². The van der Waals surface area contributed by atoms with Crippen molar-refractivity contribution in [2.24, 2.45) is 5.92 Å². The Bertz CT molecular complexity index is 2050. The second-order valence-electron chi connectivity index (χ2n) is 21.1. The minimum atomic E-state index is -1.61. The second kappa shape index (κ2) is 29.1. The Morgan fingerprint density at radius 1 is 0.575 bits per heavy atom. The summed E-state index contributed by atoms with van der Waals surface area (Å²) in [7, 11) is 0. The zero-order valence-electron chi connectivity index (χ0n) is 44.3. The number of benzene rings is 1. The molecular formula is C49H80N10O14. The predicted molar refractivity (Wildman–Crippen MR) is 267 cm³/mol. The first kappa shape index (κ1) is 62.4. The quantitative estimate of drug-likeness (QED) is 0.122. The van der Waals surface area contributed by atoms with Crippen LogP contribution in [0.25, 0.3) is 0 Å². The number of rotatable bonds is 13. The summed E-state index contributed by atoms with van der Waals surface area (Å²) >= 11 is 0. The van der Waals surface area contributed by atoms with Crippen molar-refractivity contribution >= 4 is 59.6 Å². The van der Waals surface area contributed by atoms with Gasteiger partial charge in [0.2, 0.25) is 41.4 Å². The minimum Gasteiger partial charge on any atom is -0.444 e. The first-order valence-corrected chi connectivity index (χ1v) is 24.5. The lowest BCUT2D eigenvalue weighted by atomic mass is 10.00. The van der Waals surface area contributed by atoms with E-state index in [-0.39, 0.29) is 64.1 Å². The molecule has 2 rings (SSSR count). The highest BCUT2D eigenvalue weighted by molar-refractivity contribution is 5.97. The molecule has 1 aliphatic heterocycles. The van der Waals surface area contributed by atoms with E-state index in [1.165, 1.54) is 6.92 Å². The third-order valence-electron chi connectivity index (χ3n) is 10.2. The molecule has 410 valence electrons. The van der Waals surface area contributed by atoms with Crippen molar-refractivity contribution < 1.29 is 67.3 Å². The summed E-state index contributed by atoms with van der Waals surface area (Å²) in [6, 6.07) is -0.276. The molecule has 1 aliphatic rings. The van der Waals surface area contributed by atoms with Gasteiger partial charge in [-0.05, 0) is 106 Å². The number of ether oxygens (including phenoxy) is 3. The summed E-state index contributed by atoms with van der Waals surface area (Å²) in [5.41, 5.74) is -2.07. The highest BCUT2D eigenvalue weighted by Crippen LogP contribution is 2.12. The van der Waals surface area contributed by atoms with Gasteiger partial charge in [0.25, 0.3) is 0 Å². The molecule has 24 nitrogen and oxygen atoms in total. The van der Waals surface area contributed by atoms with Gasteiger partial charge in [-0.1, -0.05) is 44.2 Å². The van der Waals surface area contributed by atoms with Crippen LogP contribution in [0.5, 0.6) is 0 Å². The molecule has 1 fully saturated rings. The van der Waals surface area contributed by atoms with Crippen LogP contribution in [0.4, 0.5) is 14.4 Å². The Morgan fingerprint density at radius 2 is 1.00 bits per heavy atom. The van der Waals surface area contributed by atoms with E-state index < -0.39 is 125 Å². The molecule has 11 N–H and O–H groups in total. The molecule has 1 aromatic rings. The Labute approximate surface area is 427 Å². The summed E-state index contributed by atoms with van der Waals surface area (Å²) in [4.78, 5) is 136. The topological polar surface area (TPSA) is 339 Å². The van der Waals surface area contributed by atoms with Crippen molar-refractivity contribution in [2.45, 2.75) is 181 Å². The molecule has 1 saturated heterocycles. The summed E-state index contributed by atoms with van der Waals surface area (Å²) in [6.45, 7) is 18.4. The van der Waals surface area contributed by atoms with E-state index in [0.29, 0.717) is 5.56 Å². The molecule has 0 spiro atoms. The number of carbonyl (C=O) groups is 10. The summed E-state index contributed by atoms with van der Waals surface area (Å²) in [5, 5.41) is 36.3. The zero-order valence-corrected chi connectivity index (χ0v) is 44.3. The number of nitrogens with one attached hydrogen (secondary N) is 10. The summed E-state index contributed by atoms with van der Waals surface area (Å²) < 4.78 is 16.0. The predicted octanol–water partition coefficient (Wildman–Crippen LogP) is 0.829. The van der Waals surface area contributed by atoms with Gasteiger partial charge in [-0.25, -0.2) is 14.4 Å². The smallest absolute Gasteiger partial charge is 0.407 e. The number of aliphatic hydroxyl groups is 1. The van der Waals surface area contributed by atoms with E-state index in [2.05, 4.69) is 53.2 Å².